The van der Waals surface area contributed by atoms with Gasteiger partial charge in [-0.05, 0) is 75.7 Å². The molecule has 0 aliphatic heterocycles. The predicted octanol–water partition coefficient (Wildman–Crippen LogP) is 6.17. The fraction of sp³-hybridized carbons (Fsp3) is 0.286. The number of amides is 2. The Morgan fingerprint density at radius 2 is 1.56 bits per heavy atom. The second kappa shape index (κ2) is 12.6. The molecule has 0 saturated heterocycles. The van der Waals surface area contributed by atoms with Crippen LogP contribution in [0.5, 0.6) is 0 Å². The lowest BCUT2D eigenvalue weighted by Crippen LogP contribution is -2.54. The van der Waals surface area contributed by atoms with Crippen LogP contribution in [-0.2, 0) is 26.2 Å². The first kappa shape index (κ1) is 30.8. The normalized spacial score (nSPS) is 12.5. The number of sulfonamides is 1. The lowest BCUT2D eigenvalue weighted by atomic mass is 10.1. The number of rotatable bonds is 9. The van der Waals surface area contributed by atoms with Crippen molar-refractivity contribution in [2.45, 2.75) is 50.7 Å². The third-order valence-corrected chi connectivity index (χ3v) is 8.47. The number of halogens is 3. The Morgan fingerprint density at radius 3 is 2.15 bits per heavy atom. The Labute approximate surface area is 244 Å². The van der Waals surface area contributed by atoms with Crippen LogP contribution in [0.2, 0.25) is 15.1 Å². The molecule has 0 fully saturated rings. The molecule has 208 valence electrons. The van der Waals surface area contributed by atoms with E-state index in [2.05, 4.69) is 5.32 Å². The zero-order valence-corrected chi connectivity index (χ0v) is 25.1. The molecule has 0 aliphatic carbocycles. The number of benzene rings is 3. The average Bonchev–Trinajstić information content (AvgIpc) is 2.86. The zero-order chi connectivity index (χ0) is 29.0. The van der Waals surface area contributed by atoms with Crippen LogP contribution in [0.3, 0.4) is 0 Å². The molecule has 0 saturated carbocycles. The highest BCUT2D eigenvalue weighted by atomic mass is 35.5. The van der Waals surface area contributed by atoms with Crippen LogP contribution in [-0.4, -0.2) is 43.3 Å². The molecular weight excluding hydrogens is 581 g/mol. The van der Waals surface area contributed by atoms with Crippen LogP contribution in [0.15, 0.2) is 77.7 Å². The number of carbonyl (C=O) groups excluding carboxylic acids is 2. The molecule has 7 nitrogen and oxygen atoms in total. The van der Waals surface area contributed by atoms with Crippen LogP contribution in [0.1, 0.15) is 33.3 Å². The van der Waals surface area contributed by atoms with E-state index in [4.69, 9.17) is 34.8 Å². The van der Waals surface area contributed by atoms with Gasteiger partial charge in [0.2, 0.25) is 11.8 Å². The summed E-state index contributed by atoms with van der Waals surface area (Å²) in [5, 5.41) is 3.72. The molecule has 3 rings (SSSR count). The zero-order valence-electron chi connectivity index (χ0n) is 22.0. The van der Waals surface area contributed by atoms with Crippen molar-refractivity contribution in [1.82, 2.24) is 10.2 Å². The Morgan fingerprint density at radius 1 is 0.897 bits per heavy atom. The number of hydrogen-bond donors (Lipinski definition) is 1. The quantitative estimate of drug-likeness (QED) is 0.314. The van der Waals surface area contributed by atoms with E-state index in [0.717, 1.165) is 4.31 Å². The van der Waals surface area contributed by atoms with Gasteiger partial charge in [0.1, 0.15) is 12.6 Å². The summed E-state index contributed by atoms with van der Waals surface area (Å²) in [6.45, 7) is 6.53. The highest BCUT2D eigenvalue weighted by Gasteiger charge is 2.33. The number of hydrogen-bond acceptors (Lipinski definition) is 4. The van der Waals surface area contributed by atoms with Crippen molar-refractivity contribution in [3.05, 3.63) is 93.4 Å². The van der Waals surface area contributed by atoms with E-state index in [1.165, 1.54) is 35.2 Å². The summed E-state index contributed by atoms with van der Waals surface area (Å²) < 4.78 is 28.5. The number of nitrogens with one attached hydrogen (secondary N) is 1. The molecule has 0 heterocycles. The van der Waals surface area contributed by atoms with Crippen LogP contribution in [0.25, 0.3) is 0 Å². The number of anilines is 1. The highest BCUT2D eigenvalue weighted by Crippen LogP contribution is 2.31. The van der Waals surface area contributed by atoms with Gasteiger partial charge < -0.3 is 10.2 Å². The highest BCUT2D eigenvalue weighted by molar-refractivity contribution is 7.92. The van der Waals surface area contributed by atoms with Gasteiger partial charge in [0.05, 0.1) is 20.6 Å². The minimum atomic E-state index is -4.20. The number of carbonyl (C=O) groups is 2. The van der Waals surface area contributed by atoms with Gasteiger partial charge in [0.15, 0.2) is 0 Å². The van der Waals surface area contributed by atoms with Gasteiger partial charge in [-0.15, -0.1) is 0 Å². The lowest BCUT2D eigenvalue weighted by Gasteiger charge is -2.33. The standard InChI is InChI=1S/C28H30Cl3N3O4S/c1-19(27(36)32-28(2,3)4)33(17-20-9-8-10-21(29)15-20)26(35)18-34(22-13-14-24(30)25(31)16-22)39(37,38)23-11-6-5-7-12-23/h5-16,19H,17-18H2,1-4H3,(H,32,36)/t19-/m0/s1. The van der Waals surface area contributed by atoms with E-state index < -0.39 is 34.1 Å². The maximum absolute atomic E-state index is 13.9. The largest absolute Gasteiger partial charge is 0.350 e. The molecule has 11 heteroatoms. The summed E-state index contributed by atoms with van der Waals surface area (Å²) in [6.07, 6.45) is 0. The van der Waals surface area contributed by atoms with E-state index >= 15 is 0 Å². The van der Waals surface area contributed by atoms with Crippen molar-refractivity contribution in [3.63, 3.8) is 0 Å². The maximum Gasteiger partial charge on any atom is 0.264 e. The van der Waals surface area contributed by atoms with E-state index in [1.54, 1.807) is 49.4 Å². The summed E-state index contributed by atoms with van der Waals surface area (Å²) in [4.78, 5) is 28.3. The summed E-state index contributed by atoms with van der Waals surface area (Å²) in [5.74, 6) is -0.984. The van der Waals surface area contributed by atoms with Gasteiger partial charge >= 0.3 is 0 Å². The van der Waals surface area contributed by atoms with Crippen molar-refractivity contribution in [1.29, 1.82) is 0 Å². The first-order chi connectivity index (χ1) is 18.2. The molecule has 3 aromatic carbocycles. The van der Waals surface area contributed by atoms with Gasteiger partial charge in [-0.3, -0.25) is 13.9 Å². The minimum Gasteiger partial charge on any atom is -0.350 e. The molecule has 0 spiro atoms. The molecular formula is C28H30Cl3N3O4S. The summed E-state index contributed by atoms with van der Waals surface area (Å²) in [6, 6.07) is 18.0. The van der Waals surface area contributed by atoms with E-state index in [1.807, 2.05) is 20.8 Å². The molecule has 0 aliphatic rings. The van der Waals surface area contributed by atoms with Crippen LogP contribution in [0.4, 0.5) is 5.69 Å². The second-order valence-electron chi connectivity index (χ2n) is 9.99. The Kier molecular flexibility index (Phi) is 9.93. The monoisotopic (exact) mass is 609 g/mol. The van der Waals surface area contributed by atoms with E-state index in [0.29, 0.717) is 10.6 Å². The third-order valence-electron chi connectivity index (χ3n) is 5.71. The van der Waals surface area contributed by atoms with Crippen LogP contribution >= 0.6 is 34.8 Å². The average molecular weight is 611 g/mol. The molecule has 0 radical (unpaired) electrons. The Hall–Kier alpha value is -2.78. The Balaban J connectivity index is 2.05. The molecule has 1 atom stereocenters. The molecule has 1 N–H and O–H groups in total. The summed E-state index contributed by atoms with van der Waals surface area (Å²) in [7, 11) is -4.20. The summed E-state index contributed by atoms with van der Waals surface area (Å²) >= 11 is 18.5. The molecule has 2 amide bonds. The fourth-order valence-electron chi connectivity index (χ4n) is 3.78. The molecule has 0 unspecified atom stereocenters. The van der Waals surface area contributed by atoms with Gasteiger partial charge in [-0.25, -0.2) is 8.42 Å². The lowest BCUT2D eigenvalue weighted by molar-refractivity contribution is -0.140. The van der Waals surface area contributed by atoms with Crippen molar-refractivity contribution < 1.29 is 18.0 Å². The van der Waals surface area contributed by atoms with Crippen molar-refractivity contribution in [2.24, 2.45) is 0 Å². The van der Waals surface area contributed by atoms with Gasteiger partial charge in [0, 0.05) is 17.1 Å². The van der Waals surface area contributed by atoms with Crippen molar-refractivity contribution in [3.8, 4) is 0 Å². The first-order valence-electron chi connectivity index (χ1n) is 12.1. The molecule has 3 aromatic rings. The van der Waals surface area contributed by atoms with Crippen LogP contribution in [0, 0.1) is 0 Å². The van der Waals surface area contributed by atoms with Gasteiger partial charge in [0.25, 0.3) is 10.0 Å². The number of nitrogens with zero attached hydrogens (tertiary/aromatic N) is 2. The predicted molar refractivity (Wildman–Crippen MR) is 157 cm³/mol. The maximum atomic E-state index is 13.9. The minimum absolute atomic E-state index is 0.0104. The van der Waals surface area contributed by atoms with Crippen LogP contribution < -0.4 is 9.62 Å². The summed E-state index contributed by atoms with van der Waals surface area (Å²) in [5.41, 5.74) is 0.285. The fourth-order valence-corrected chi connectivity index (χ4v) is 5.71. The first-order valence-corrected chi connectivity index (χ1v) is 14.7. The smallest absolute Gasteiger partial charge is 0.264 e. The SMILES string of the molecule is C[C@@H](C(=O)NC(C)(C)C)N(Cc1cccc(Cl)c1)C(=O)CN(c1ccc(Cl)c(Cl)c1)S(=O)(=O)c1ccccc1. The van der Waals surface area contributed by atoms with E-state index in [9.17, 15) is 18.0 Å². The van der Waals surface area contributed by atoms with Crippen molar-refractivity contribution in [2.75, 3.05) is 10.8 Å². The third kappa shape index (κ3) is 8.11. The molecule has 39 heavy (non-hydrogen) atoms. The second-order valence-corrected chi connectivity index (χ2v) is 13.1. The van der Waals surface area contributed by atoms with Crippen molar-refractivity contribution >= 4 is 62.3 Å². The molecule has 0 aromatic heterocycles. The topological polar surface area (TPSA) is 86.8 Å². The van der Waals surface area contributed by atoms with Gasteiger partial charge in [-0.2, -0.15) is 0 Å². The Bertz CT molecular complexity index is 1440. The van der Waals surface area contributed by atoms with E-state index in [-0.39, 0.29) is 33.1 Å². The molecule has 0 bridgehead atoms. The van der Waals surface area contributed by atoms with Gasteiger partial charge in [-0.1, -0.05) is 65.1 Å².